The van der Waals surface area contributed by atoms with E-state index in [1.54, 1.807) is 18.2 Å². The van der Waals surface area contributed by atoms with Gasteiger partial charge in [-0.3, -0.25) is 5.32 Å². The van der Waals surface area contributed by atoms with Crippen molar-refractivity contribution < 1.29 is 26.9 Å². The summed E-state index contributed by atoms with van der Waals surface area (Å²) in [5.74, 6) is -0.198. The predicted molar refractivity (Wildman–Crippen MR) is 137 cm³/mol. The first kappa shape index (κ1) is 24.9. The molecule has 2 aliphatic rings. The first-order valence-corrected chi connectivity index (χ1v) is 13.7. The lowest BCUT2D eigenvalue weighted by molar-refractivity contribution is -0.144. The second-order valence-electron chi connectivity index (χ2n) is 9.26. The van der Waals surface area contributed by atoms with Gasteiger partial charge in [0.1, 0.15) is 16.7 Å². The van der Waals surface area contributed by atoms with Gasteiger partial charge in [0.05, 0.1) is 18.1 Å². The number of hydrogen-bond acceptors (Lipinski definition) is 8. The number of hydrogen-bond donors (Lipinski definition) is 3. The van der Waals surface area contributed by atoms with Crippen LogP contribution < -0.4 is 14.8 Å². The van der Waals surface area contributed by atoms with E-state index in [2.05, 4.69) is 20.6 Å². The summed E-state index contributed by atoms with van der Waals surface area (Å²) in [7, 11) is -2.76. The molecule has 1 aliphatic carbocycles. The number of carbonyl (C=O) groups excluding carboxylic acids is 2. The molecule has 196 valence electrons. The molecule has 2 amide bonds. The number of carbonyl (C=O) groups is 2. The summed E-state index contributed by atoms with van der Waals surface area (Å²) in [5, 5.41) is 6.08. The molecule has 0 spiro atoms. The van der Waals surface area contributed by atoms with Crippen molar-refractivity contribution in [3.8, 4) is 5.75 Å². The summed E-state index contributed by atoms with van der Waals surface area (Å²) in [4.78, 5) is 33.4. The Morgan fingerprint density at radius 1 is 1.05 bits per heavy atom. The molecule has 1 aliphatic heterocycles. The van der Waals surface area contributed by atoms with E-state index in [0.29, 0.717) is 36.5 Å². The van der Waals surface area contributed by atoms with E-state index in [4.69, 9.17) is 8.92 Å². The van der Waals surface area contributed by atoms with Crippen LogP contribution in [0.15, 0.2) is 47.4 Å². The van der Waals surface area contributed by atoms with Gasteiger partial charge in [0.2, 0.25) is 5.95 Å². The van der Waals surface area contributed by atoms with Crippen LogP contribution >= 0.6 is 0 Å². The maximum atomic E-state index is 12.8. The Balaban J connectivity index is 1.25. The molecule has 1 saturated heterocycles. The van der Waals surface area contributed by atoms with Crippen molar-refractivity contribution in [3.05, 3.63) is 42.5 Å². The molecule has 5 rings (SSSR count). The minimum absolute atomic E-state index is 0.0466. The first-order chi connectivity index (χ1) is 17.8. The Kier molecular flexibility index (Phi) is 6.92. The summed E-state index contributed by atoms with van der Waals surface area (Å²) in [6, 6.07) is 10.4. The zero-order valence-electron chi connectivity index (χ0n) is 20.4. The summed E-state index contributed by atoms with van der Waals surface area (Å²) in [6.45, 7) is 0.430. The summed E-state index contributed by atoms with van der Waals surface area (Å²) in [6.07, 6.45) is 5.89. The lowest BCUT2D eigenvalue weighted by Gasteiger charge is -2.22. The summed E-state index contributed by atoms with van der Waals surface area (Å²) >= 11 is 0. The maximum absolute atomic E-state index is 12.8. The van der Waals surface area contributed by atoms with E-state index in [0.717, 1.165) is 18.5 Å². The highest BCUT2D eigenvalue weighted by Crippen LogP contribution is 2.27. The van der Waals surface area contributed by atoms with Crippen LogP contribution in [-0.4, -0.2) is 61.0 Å². The number of amides is 2. The molecular formula is C25H29N5O6S. The van der Waals surface area contributed by atoms with Gasteiger partial charge in [-0.1, -0.05) is 12.8 Å². The van der Waals surface area contributed by atoms with Crippen molar-refractivity contribution in [2.45, 2.75) is 55.5 Å². The van der Waals surface area contributed by atoms with Gasteiger partial charge in [-0.2, -0.15) is 8.42 Å². The van der Waals surface area contributed by atoms with Crippen LogP contribution in [-0.2, 0) is 19.6 Å². The van der Waals surface area contributed by atoms with E-state index < -0.39 is 28.2 Å². The molecule has 2 fully saturated rings. The number of esters is 1. The fourth-order valence-corrected chi connectivity index (χ4v) is 5.78. The highest BCUT2D eigenvalue weighted by atomic mass is 32.2. The number of ether oxygens (including phenoxy) is 1. The number of urea groups is 1. The Hall–Kier alpha value is -3.80. The Morgan fingerprint density at radius 3 is 2.54 bits per heavy atom. The van der Waals surface area contributed by atoms with Gasteiger partial charge in [-0.15, -0.1) is 0 Å². The molecule has 3 aromatic rings. The van der Waals surface area contributed by atoms with Crippen molar-refractivity contribution in [3.63, 3.8) is 0 Å². The highest BCUT2D eigenvalue weighted by molar-refractivity contribution is 7.87. The van der Waals surface area contributed by atoms with Crippen molar-refractivity contribution in [2.24, 2.45) is 0 Å². The van der Waals surface area contributed by atoms with Crippen LogP contribution in [0, 0.1) is 0 Å². The van der Waals surface area contributed by atoms with Crippen LogP contribution in [0.5, 0.6) is 5.75 Å². The smallest absolute Gasteiger partial charge is 0.339 e. The van der Waals surface area contributed by atoms with Gasteiger partial charge in [0, 0.05) is 24.3 Å². The topological polar surface area (TPSA) is 143 Å². The zero-order valence-corrected chi connectivity index (χ0v) is 21.2. The molecule has 11 nitrogen and oxygen atoms in total. The van der Waals surface area contributed by atoms with Crippen LogP contribution in [0.4, 0.5) is 16.4 Å². The maximum Gasteiger partial charge on any atom is 0.339 e. The fourth-order valence-electron chi connectivity index (χ4n) is 4.86. The molecule has 12 heteroatoms. The van der Waals surface area contributed by atoms with Crippen LogP contribution in [0.2, 0.25) is 0 Å². The van der Waals surface area contributed by atoms with E-state index in [1.807, 2.05) is 0 Å². The number of fused-ring (bicyclic) bond motifs is 1. The number of rotatable bonds is 7. The van der Waals surface area contributed by atoms with E-state index in [-0.39, 0.29) is 16.6 Å². The molecule has 1 atom stereocenters. The van der Waals surface area contributed by atoms with Crippen molar-refractivity contribution in [1.82, 2.24) is 14.9 Å². The fraction of sp³-hybridized carbons (Fsp3) is 0.400. The molecule has 1 aromatic heterocycles. The molecule has 1 unspecified atom stereocenters. The average molecular weight is 528 g/mol. The van der Waals surface area contributed by atoms with Gasteiger partial charge in [-0.25, -0.2) is 14.6 Å². The average Bonchev–Trinajstić information content (AvgIpc) is 3.64. The first-order valence-electron chi connectivity index (χ1n) is 12.3. The predicted octanol–water partition coefficient (Wildman–Crippen LogP) is 3.85. The largest absolute Gasteiger partial charge is 0.467 e. The number of nitrogens with zero attached hydrogens (tertiary/aromatic N) is 2. The second-order valence-corrected chi connectivity index (χ2v) is 10.8. The number of nitrogens with one attached hydrogen (secondary N) is 3. The molecule has 37 heavy (non-hydrogen) atoms. The third-order valence-electron chi connectivity index (χ3n) is 6.74. The standard InChI is InChI=1S/C25H29N5O6S/c1-35-23(31)22-7-4-14-30(22)25(32)29-24-27-20-13-10-18(15-21(20)28-24)36-37(33,34)19-11-8-17(9-12-19)26-16-5-2-3-6-16/h8-13,15-16,22,26H,2-7,14H2,1H3,(H2,27,28,29,32). The molecule has 0 bridgehead atoms. The zero-order chi connectivity index (χ0) is 26.0. The molecule has 1 saturated carbocycles. The molecule has 0 radical (unpaired) electrons. The van der Waals surface area contributed by atoms with Gasteiger partial charge in [0.15, 0.2) is 0 Å². The monoisotopic (exact) mass is 527 g/mol. The normalized spacial score (nSPS) is 18.2. The number of imidazole rings is 1. The lowest BCUT2D eigenvalue weighted by Crippen LogP contribution is -2.43. The minimum atomic E-state index is -4.05. The number of aromatic amines is 1. The van der Waals surface area contributed by atoms with E-state index in [9.17, 15) is 18.0 Å². The Bertz CT molecular complexity index is 1400. The summed E-state index contributed by atoms with van der Waals surface area (Å²) < 4.78 is 35.8. The number of likely N-dealkylation sites (tertiary alicyclic amines) is 1. The van der Waals surface area contributed by atoms with Crippen molar-refractivity contribution in [2.75, 3.05) is 24.3 Å². The van der Waals surface area contributed by atoms with Crippen molar-refractivity contribution >= 4 is 44.8 Å². The molecule has 3 N–H and O–H groups in total. The SMILES string of the molecule is COC(=O)C1CCCN1C(=O)Nc1nc2cc(OS(=O)(=O)c3ccc(NC4CCCC4)cc3)ccc2[nH]1. The lowest BCUT2D eigenvalue weighted by atomic mass is 10.2. The van der Waals surface area contributed by atoms with Crippen LogP contribution in [0.3, 0.4) is 0 Å². The number of H-pyrrole nitrogens is 1. The van der Waals surface area contributed by atoms with E-state index in [1.165, 1.54) is 49.1 Å². The quantitative estimate of drug-likeness (QED) is 0.311. The minimum Gasteiger partial charge on any atom is -0.467 e. The second kappa shape index (κ2) is 10.3. The Morgan fingerprint density at radius 2 is 1.81 bits per heavy atom. The Labute approximate surface area is 214 Å². The van der Waals surface area contributed by atoms with Gasteiger partial charge >= 0.3 is 22.1 Å². The van der Waals surface area contributed by atoms with E-state index >= 15 is 0 Å². The van der Waals surface area contributed by atoms with Gasteiger partial charge in [0.25, 0.3) is 0 Å². The molecular weight excluding hydrogens is 498 g/mol. The van der Waals surface area contributed by atoms with Crippen LogP contribution in [0.1, 0.15) is 38.5 Å². The number of methoxy groups -OCH3 is 1. The van der Waals surface area contributed by atoms with Crippen molar-refractivity contribution in [1.29, 1.82) is 0 Å². The summed E-state index contributed by atoms with van der Waals surface area (Å²) in [5.41, 5.74) is 1.86. The highest BCUT2D eigenvalue weighted by Gasteiger charge is 2.35. The molecule has 2 heterocycles. The number of aromatic nitrogens is 2. The molecule has 2 aromatic carbocycles. The van der Waals surface area contributed by atoms with Gasteiger partial charge < -0.3 is 24.1 Å². The van der Waals surface area contributed by atoms with Crippen LogP contribution in [0.25, 0.3) is 11.0 Å². The third-order valence-corrected chi connectivity index (χ3v) is 8.00. The third kappa shape index (κ3) is 5.48. The number of benzene rings is 2. The number of anilines is 2. The van der Waals surface area contributed by atoms with Gasteiger partial charge in [-0.05, 0) is 62.1 Å².